The molecule has 1 aliphatic rings. The van der Waals surface area contributed by atoms with Gasteiger partial charge in [-0.25, -0.2) is 8.42 Å². The van der Waals surface area contributed by atoms with E-state index in [0.29, 0.717) is 69.1 Å². The number of aryl methyl sites for hydroxylation is 1. The molecule has 0 aliphatic carbocycles. The third-order valence-electron chi connectivity index (χ3n) is 7.50. The van der Waals surface area contributed by atoms with Gasteiger partial charge in [-0.3, -0.25) is 4.79 Å². The molecule has 1 aromatic heterocycles. The Morgan fingerprint density at radius 1 is 1.07 bits per heavy atom. The minimum atomic E-state index is -3.99. The molecule has 0 saturated carbocycles. The van der Waals surface area contributed by atoms with Crippen LogP contribution < -0.4 is 10.5 Å². The van der Waals surface area contributed by atoms with Crippen molar-refractivity contribution in [3.05, 3.63) is 60.0 Å². The zero-order chi connectivity index (χ0) is 29.5. The Labute approximate surface area is 242 Å². The van der Waals surface area contributed by atoms with Crippen LogP contribution in [0.2, 0.25) is 0 Å². The summed E-state index contributed by atoms with van der Waals surface area (Å²) in [6.45, 7) is 6.91. The summed E-state index contributed by atoms with van der Waals surface area (Å²) in [5, 5.41) is 4.10. The van der Waals surface area contributed by atoms with Crippen molar-refractivity contribution in [2.45, 2.75) is 55.6 Å². The number of nitrogens with zero attached hydrogens (tertiary/aromatic N) is 3. The second-order valence-electron chi connectivity index (χ2n) is 10.9. The first-order valence-electron chi connectivity index (χ1n) is 14.1. The first kappa shape index (κ1) is 30.7. The summed E-state index contributed by atoms with van der Waals surface area (Å²) in [5.74, 6) is 1.40. The Morgan fingerprint density at radius 3 is 2.37 bits per heavy atom. The second kappa shape index (κ2) is 13.6. The number of methoxy groups -OCH3 is 1. The fourth-order valence-corrected chi connectivity index (χ4v) is 7.03. The number of primary amides is 1. The first-order valence-corrected chi connectivity index (χ1v) is 15.5. The normalized spacial score (nSPS) is 15.7. The molecule has 1 amide bonds. The lowest BCUT2D eigenvalue weighted by molar-refractivity contribution is -0.121. The summed E-state index contributed by atoms with van der Waals surface area (Å²) < 4.78 is 41.8. The number of sulfone groups is 1. The van der Waals surface area contributed by atoms with E-state index in [1.165, 1.54) is 17.7 Å². The highest BCUT2D eigenvalue weighted by molar-refractivity contribution is 7.93. The molecule has 10 nitrogen and oxygen atoms in total. The van der Waals surface area contributed by atoms with Crippen molar-refractivity contribution >= 4 is 15.7 Å². The monoisotopic (exact) mass is 584 g/mol. The number of hydrogen-bond donors (Lipinski definition) is 1. The van der Waals surface area contributed by atoms with E-state index in [2.05, 4.69) is 41.0 Å². The molecule has 0 unspecified atom stereocenters. The predicted molar refractivity (Wildman–Crippen MR) is 155 cm³/mol. The molecule has 1 aliphatic heterocycles. The highest BCUT2D eigenvalue weighted by Gasteiger charge is 2.51. The Kier molecular flexibility index (Phi) is 10.2. The van der Waals surface area contributed by atoms with Crippen LogP contribution in [0, 0.1) is 5.92 Å². The largest absolute Gasteiger partial charge is 0.494 e. The summed E-state index contributed by atoms with van der Waals surface area (Å²) in [4.78, 5) is 19.1. The maximum Gasteiger partial charge on any atom is 0.239 e. The molecule has 0 radical (unpaired) electrons. The van der Waals surface area contributed by atoms with Crippen molar-refractivity contribution in [1.82, 2.24) is 15.0 Å². The summed E-state index contributed by atoms with van der Waals surface area (Å²) in [6, 6.07) is 14.4. The van der Waals surface area contributed by atoms with Crippen LogP contribution in [-0.2, 0) is 32.2 Å². The second-order valence-corrected chi connectivity index (χ2v) is 13.2. The van der Waals surface area contributed by atoms with Gasteiger partial charge in [0.05, 0.1) is 18.1 Å². The minimum Gasteiger partial charge on any atom is -0.494 e. The number of carbonyl (C=O) groups excluding carboxylic acids is 1. The molecule has 4 rings (SSSR count). The highest BCUT2D eigenvalue weighted by Crippen LogP contribution is 2.36. The number of hydrogen-bond acceptors (Lipinski definition) is 9. The standard InChI is InChI=1S/C30H40N4O6S/c1-22(2)21-23-6-8-24(9-7-23)28-32-27(40-33-28)5-4-19-39-25-10-12-26(13-11-25)41(36,37)30(29(31)35)14-16-34(17-15-30)18-20-38-3/h6-13,22H,4-5,14-21H2,1-3H3,(H2,31,35). The molecule has 2 aromatic carbocycles. The van der Waals surface area contributed by atoms with Crippen LogP contribution in [0.3, 0.4) is 0 Å². The quantitative estimate of drug-likeness (QED) is 0.281. The van der Waals surface area contributed by atoms with E-state index in [1.807, 2.05) is 12.1 Å². The molecular formula is C30H40N4O6S. The zero-order valence-electron chi connectivity index (χ0n) is 24.0. The van der Waals surface area contributed by atoms with Crippen LogP contribution in [-0.4, -0.2) is 74.1 Å². The van der Waals surface area contributed by atoms with Gasteiger partial charge >= 0.3 is 0 Å². The van der Waals surface area contributed by atoms with Gasteiger partial charge in [-0.15, -0.1) is 0 Å². The number of amides is 1. The van der Waals surface area contributed by atoms with Gasteiger partial charge in [0.2, 0.25) is 17.6 Å². The average Bonchev–Trinajstić information content (AvgIpc) is 3.43. The lowest BCUT2D eigenvalue weighted by Gasteiger charge is -2.38. The van der Waals surface area contributed by atoms with Crippen molar-refractivity contribution < 1.29 is 27.2 Å². The van der Waals surface area contributed by atoms with E-state index in [9.17, 15) is 13.2 Å². The molecule has 3 aromatic rings. The van der Waals surface area contributed by atoms with Gasteiger partial charge < -0.3 is 24.6 Å². The molecule has 2 N–H and O–H groups in total. The predicted octanol–water partition coefficient (Wildman–Crippen LogP) is 3.69. The van der Waals surface area contributed by atoms with Crippen LogP contribution in [0.1, 0.15) is 44.6 Å². The zero-order valence-corrected chi connectivity index (χ0v) is 24.9. The van der Waals surface area contributed by atoms with Crippen molar-refractivity contribution in [2.75, 3.05) is 40.0 Å². The maximum atomic E-state index is 13.6. The summed E-state index contributed by atoms with van der Waals surface area (Å²) >= 11 is 0. The lowest BCUT2D eigenvalue weighted by Crippen LogP contribution is -2.57. The first-order chi connectivity index (χ1) is 19.6. The van der Waals surface area contributed by atoms with Gasteiger partial charge in [-0.05, 0) is 61.4 Å². The Morgan fingerprint density at radius 2 is 1.76 bits per heavy atom. The summed E-state index contributed by atoms with van der Waals surface area (Å²) in [7, 11) is -2.37. The average molecular weight is 585 g/mol. The van der Waals surface area contributed by atoms with Crippen molar-refractivity contribution in [3.8, 4) is 17.1 Å². The number of likely N-dealkylation sites (tertiary alicyclic amines) is 1. The third-order valence-corrected chi connectivity index (χ3v) is 10.0. The number of aromatic nitrogens is 2. The summed E-state index contributed by atoms with van der Waals surface area (Å²) in [6.07, 6.45) is 2.51. The number of nitrogens with two attached hydrogens (primary N) is 1. The van der Waals surface area contributed by atoms with E-state index < -0.39 is 20.5 Å². The number of piperidine rings is 1. The van der Waals surface area contributed by atoms with Gasteiger partial charge in [0.1, 0.15) is 5.75 Å². The van der Waals surface area contributed by atoms with E-state index in [1.54, 1.807) is 19.2 Å². The van der Waals surface area contributed by atoms with Crippen LogP contribution in [0.25, 0.3) is 11.4 Å². The lowest BCUT2D eigenvalue weighted by atomic mass is 9.95. The molecule has 222 valence electrons. The van der Waals surface area contributed by atoms with Gasteiger partial charge in [0, 0.05) is 38.7 Å². The topological polar surface area (TPSA) is 138 Å². The SMILES string of the molecule is COCCN1CCC(C(N)=O)(S(=O)(=O)c2ccc(OCCCc3nc(-c4ccc(CC(C)C)cc4)no3)cc2)CC1. The molecule has 1 saturated heterocycles. The molecular weight excluding hydrogens is 544 g/mol. The Balaban J connectivity index is 1.29. The van der Waals surface area contributed by atoms with Crippen LogP contribution in [0.4, 0.5) is 0 Å². The Hall–Kier alpha value is -3.28. The number of carbonyl (C=O) groups is 1. The Bertz CT molecular complexity index is 1380. The smallest absolute Gasteiger partial charge is 0.239 e. The van der Waals surface area contributed by atoms with Crippen molar-refractivity contribution in [3.63, 3.8) is 0 Å². The molecule has 0 atom stereocenters. The number of rotatable bonds is 14. The molecule has 1 fully saturated rings. The molecule has 0 bridgehead atoms. The number of ether oxygens (including phenoxy) is 2. The van der Waals surface area contributed by atoms with Gasteiger partial charge in [-0.1, -0.05) is 43.3 Å². The van der Waals surface area contributed by atoms with E-state index in [-0.39, 0.29) is 17.7 Å². The fourth-order valence-electron chi connectivity index (χ4n) is 5.09. The molecule has 2 heterocycles. The van der Waals surface area contributed by atoms with Crippen LogP contribution >= 0.6 is 0 Å². The molecule has 11 heteroatoms. The van der Waals surface area contributed by atoms with E-state index in [0.717, 1.165) is 12.0 Å². The van der Waals surface area contributed by atoms with Gasteiger partial charge in [0.15, 0.2) is 14.6 Å². The number of benzene rings is 2. The van der Waals surface area contributed by atoms with Crippen molar-refractivity contribution in [1.29, 1.82) is 0 Å². The molecule has 0 spiro atoms. The van der Waals surface area contributed by atoms with E-state index >= 15 is 0 Å². The minimum absolute atomic E-state index is 0.0598. The van der Waals surface area contributed by atoms with Crippen molar-refractivity contribution in [2.24, 2.45) is 11.7 Å². The highest BCUT2D eigenvalue weighted by atomic mass is 32.2. The third kappa shape index (κ3) is 7.33. The van der Waals surface area contributed by atoms with E-state index in [4.69, 9.17) is 19.7 Å². The fraction of sp³-hybridized carbons (Fsp3) is 0.500. The summed E-state index contributed by atoms with van der Waals surface area (Å²) in [5.41, 5.74) is 7.87. The van der Waals surface area contributed by atoms with Gasteiger partial charge in [-0.2, -0.15) is 4.98 Å². The van der Waals surface area contributed by atoms with Crippen LogP contribution in [0.15, 0.2) is 57.9 Å². The van der Waals surface area contributed by atoms with Gasteiger partial charge in [0.25, 0.3) is 0 Å². The van der Waals surface area contributed by atoms with Crippen LogP contribution in [0.5, 0.6) is 5.75 Å². The maximum absolute atomic E-state index is 13.6. The molecule has 41 heavy (non-hydrogen) atoms.